The summed E-state index contributed by atoms with van der Waals surface area (Å²) in [5.74, 6) is -0.908. The monoisotopic (exact) mass is 253 g/mol. The molecule has 0 aromatic heterocycles. The molecule has 4 heteroatoms. The van der Waals surface area contributed by atoms with Gasteiger partial charge >= 0.3 is 5.97 Å². The topological polar surface area (TPSA) is 38.3 Å². The Bertz CT molecular complexity index is 422. The lowest BCUT2D eigenvalue weighted by molar-refractivity contribution is -0.148. The standard InChI is InChI=1S/C14H20FNO2/c1-5-10(2)16-14(3,13(17)18-4)11-8-6-7-9-12(11)15/h6-10,16H,5H2,1-4H3. The number of benzene rings is 1. The van der Waals surface area contributed by atoms with Crippen LogP contribution in [0.15, 0.2) is 24.3 Å². The largest absolute Gasteiger partial charge is 0.467 e. The molecule has 0 heterocycles. The van der Waals surface area contributed by atoms with Crippen LogP contribution in [0, 0.1) is 5.82 Å². The molecule has 1 aromatic carbocycles. The van der Waals surface area contributed by atoms with Crippen LogP contribution in [0.3, 0.4) is 0 Å². The van der Waals surface area contributed by atoms with Gasteiger partial charge in [-0.05, 0) is 26.3 Å². The first kappa shape index (κ1) is 14.6. The van der Waals surface area contributed by atoms with Gasteiger partial charge in [-0.15, -0.1) is 0 Å². The summed E-state index contributed by atoms with van der Waals surface area (Å²) in [4.78, 5) is 12.0. The molecule has 0 aliphatic rings. The normalized spacial score (nSPS) is 15.8. The number of carbonyl (C=O) groups excluding carboxylic acids is 1. The van der Waals surface area contributed by atoms with Crippen molar-refractivity contribution >= 4 is 5.97 Å². The summed E-state index contributed by atoms with van der Waals surface area (Å²) in [5, 5.41) is 3.14. The smallest absolute Gasteiger partial charge is 0.330 e. The van der Waals surface area contributed by atoms with Crippen LogP contribution in [0.1, 0.15) is 32.8 Å². The second-order valence-electron chi connectivity index (χ2n) is 4.55. The van der Waals surface area contributed by atoms with Crippen molar-refractivity contribution in [3.63, 3.8) is 0 Å². The predicted octanol–water partition coefficient (Wildman–Crippen LogP) is 2.60. The molecule has 0 radical (unpaired) electrons. The Morgan fingerprint density at radius 3 is 2.61 bits per heavy atom. The minimum absolute atomic E-state index is 0.0775. The van der Waals surface area contributed by atoms with Gasteiger partial charge in [0.2, 0.25) is 0 Å². The molecule has 1 rings (SSSR count). The first-order valence-electron chi connectivity index (χ1n) is 6.06. The van der Waals surface area contributed by atoms with Gasteiger partial charge in [0.05, 0.1) is 7.11 Å². The number of halogens is 1. The Morgan fingerprint density at radius 1 is 1.50 bits per heavy atom. The second-order valence-corrected chi connectivity index (χ2v) is 4.55. The van der Waals surface area contributed by atoms with Crippen LogP contribution >= 0.6 is 0 Å². The fourth-order valence-corrected chi connectivity index (χ4v) is 1.91. The van der Waals surface area contributed by atoms with Crippen LogP contribution in [0.2, 0.25) is 0 Å². The van der Waals surface area contributed by atoms with Gasteiger partial charge in [0.25, 0.3) is 0 Å². The molecule has 1 N–H and O–H groups in total. The van der Waals surface area contributed by atoms with Crippen molar-refractivity contribution in [2.45, 2.75) is 38.8 Å². The minimum atomic E-state index is -1.17. The molecule has 3 nitrogen and oxygen atoms in total. The van der Waals surface area contributed by atoms with E-state index in [1.54, 1.807) is 25.1 Å². The van der Waals surface area contributed by atoms with Crippen molar-refractivity contribution in [2.24, 2.45) is 0 Å². The molecule has 2 atom stereocenters. The van der Waals surface area contributed by atoms with Crippen molar-refractivity contribution < 1.29 is 13.9 Å². The highest BCUT2D eigenvalue weighted by atomic mass is 19.1. The van der Waals surface area contributed by atoms with E-state index in [1.807, 2.05) is 13.8 Å². The molecule has 18 heavy (non-hydrogen) atoms. The van der Waals surface area contributed by atoms with Gasteiger partial charge in [-0.25, -0.2) is 9.18 Å². The third-order valence-corrected chi connectivity index (χ3v) is 3.15. The van der Waals surface area contributed by atoms with Crippen LogP contribution in [-0.2, 0) is 15.1 Å². The number of esters is 1. The molecule has 2 unspecified atom stereocenters. The first-order chi connectivity index (χ1) is 8.45. The zero-order valence-electron chi connectivity index (χ0n) is 11.3. The highest BCUT2D eigenvalue weighted by Crippen LogP contribution is 2.26. The van der Waals surface area contributed by atoms with Crippen LogP contribution in [0.25, 0.3) is 0 Å². The summed E-state index contributed by atoms with van der Waals surface area (Å²) in [6.45, 7) is 5.59. The lowest BCUT2D eigenvalue weighted by Crippen LogP contribution is -2.51. The summed E-state index contributed by atoms with van der Waals surface area (Å²) in [6, 6.07) is 6.32. The van der Waals surface area contributed by atoms with Gasteiger partial charge in [-0.3, -0.25) is 5.32 Å². The van der Waals surface area contributed by atoms with Crippen molar-refractivity contribution in [1.82, 2.24) is 5.32 Å². The van der Waals surface area contributed by atoms with Gasteiger partial charge in [-0.2, -0.15) is 0 Å². The molecule has 100 valence electrons. The number of rotatable bonds is 5. The van der Waals surface area contributed by atoms with E-state index in [2.05, 4.69) is 5.32 Å². The molecule has 0 aliphatic carbocycles. The van der Waals surface area contributed by atoms with Crippen molar-refractivity contribution in [3.05, 3.63) is 35.6 Å². The highest BCUT2D eigenvalue weighted by molar-refractivity contribution is 5.82. The average molecular weight is 253 g/mol. The van der Waals surface area contributed by atoms with E-state index in [-0.39, 0.29) is 6.04 Å². The Hall–Kier alpha value is -1.42. The summed E-state index contributed by atoms with van der Waals surface area (Å²) in [6.07, 6.45) is 0.834. The van der Waals surface area contributed by atoms with Crippen LogP contribution in [-0.4, -0.2) is 19.1 Å². The van der Waals surface area contributed by atoms with E-state index in [0.717, 1.165) is 6.42 Å². The Morgan fingerprint density at radius 2 is 2.11 bits per heavy atom. The minimum Gasteiger partial charge on any atom is -0.467 e. The van der Waals surface area contributed by atoms with Gasteiger partial charge in [-0.1, -0.05) is 25.1 Å². The Kier molecular flexibility index (Phi) is 4.84. The number of carbonyl (C=O) groups is 1. The second kappa shape index (κ2) is 5.96. The van der Waals surface area contributed by atoms with E-state index in [4.69, 9.17) is 4.74 Å². The molecule has 0 fully saturated rings. The van der Waals surface area contributed by atoms with Gasteiger partial charge < -0.3 is 4.74 Å². The van der Waals surface area contributed by atoms with E-state index < -0.39 is 17.3 Å². The van der Waals surface area contributed by atoms with E-state index >= 15 is 0 Å². The molecule has 1 aromatic rings. The third kappa shape index (κ3) is 2.88. The third-order valence-electron chi connectivity index (χ3n) is 3.15. The molecule has 0 spiro atoms. The van der Waals surface area contributed by atoms with Gasteiger partial charge in [0.15, 0.2) is 0 Å². The van der Waals surface area contributed by atoms with Crippen LogP contribution in [0.4, 0.5) is 4.39 Å². The maximum atomic E-state index is 13.9. The molecule has 0 aliphatic heterocycles. The van der Waals surface area contributed by atoms with Crippen molar-refractivity contribution in [3.8, 4) is 0 Å². The van der Waals surface area contributed by atoms with Crippen LogP contribution < -0.4 is 5.32 Å². The summed E-state index contributed by atoms with van der Waals surface area (Å²) in [7, 11) is 1.31. The van der Waals surface area contributed by atoms with E-state index in [1.165, 1.54) is 13.2 Å². The zero-order valence-corrected chi connectivity index (χ0v) is 11.3. The first-order valence-corrected chi connectivity index (χ1v) is 6.06. The Balaban J connectivity index is 3.20. The van der Waals surface area contributed by atoms with Crippen molar-refractivity contribution in [2.75, 3.05) is 7.11 Å². The SMILES string of the molecule is CCC(C)NC(C)(C(=O)OC)c1ccccc1F. The molecular formula is C14H20FNO2. The number of ether oxygens (including phenoxy) is 1. The maximum Gasteiger partial charge on any atom is 0.330 e. The average Bonchev–Trinajstić information content (AvgIpc) is 2.37. The predicted molar refractivity (Wildman–Crippen MR) is 68.7 cm³/mol. The summed E-state index contributed by atoms with van der Waals surface area (Å²) < 4.78 is 18.7. The number of nitrogens with one attached hydrogen (secondary N) is 1. The van der Waals surface area contributed by atoms with E-state index in [0.29, 0.717) is 5.56 Å². The highest BCUT2D eigenvalue weighted by Gasteiger charge is 2.39. The number of methoxy groups -OCH3 is 1. The molecule has 0 bridgehead atoms. The molecular weight excluding hydrogens is 233 g/mol. The fourth-order valence-electron chi connectivity index (χ4n) is 1.91. The number of hydrogen-bond donors (Lipinski definition) is 1. The summed E-state index contributed by atoms with van der Waals surface area (Å²) in [5.41, 5.74) is -0.868. The van der Waals surface area contributed by atoms with Gasteiger partial charge in [0.1, 0.15) is 11.4 Å². The zero-order chi connectivity index (χ0) is 13.8. The van der Waals surface area contributed by atoms with Gasteiger partial charge in [0, 0.05) is 11.6 Å². The Labute approximate surface area is 107 Å². The van der Waals surface area contributed by atoms with Crippen molar-refractivity contribution in [1.29, 1.82) is 0 Å². The quantitative estimate of drug-likeness (QED) is 0.820. The lowest BCUT2D eigenvalue weighted by atomic mass is 9.90. The van der Waals surface area contributed by atoms with E-state index in [9.17, 15) is 9.18 Å². The number of hydrogen-bond acceptors (Lipinski definition) is 3. The fraction of sp³-hybridized carbons (Fsp3) is 0.500. The summed E-state index contributed by atoms with van der Waals surface area (Å²) >= 11 is 0. The molecule has 0 saturated carbocycles. The lowest BCUT2D eigenvalue weighted by Gasteiger charge is -2.31. The molecule has 0 saturated heterocycles. The molecule has 0 amide bonds. The van der Waals surface area contributed by atoms with Crippen LogP contribution in [0.5, 0.6) is 0 Å². The maximum absolute atomic E-state index is 13.9.